The van der Waals surface area contributed by atoms with Crippen molar-refractivity contribution in [3.63, 3.8) is 0 Å². The predicted octanol–water partition coefficient (Wildman–Crippen LogP) is 2.33. The van der Waals surface area contributed by atoms with Crippen molar-refractivity contribution in [3.8, 4) is 12.3 Å². The summed E-state index contributed by atoms with van der Waals surface area (Å²) in [6.07, 6.45) is 8.38. The van der Waals surface area contributed by atoms with Gasteiger partial charge >= 0.3 is 0 Å². The van der Waals surface area contributed by atoms with E-state index < -0.39 is 0 Å². The second-order valence-electron chi connectivity index (χ2n) is 3.52. The number of nitrogens with zero attached hydrogens (tertiary/aromatic N) is 2. The minimum Gasteiger partial charge on any atom is -0.411 e. The predicted molar refractivity (Wildman–Crippen MR) is 63.8 cm³/mol. The summed E-state index contributed by atoms with van der Waals surface area (Å²) >= 11 is 0. The molecule has 0 aliphatic rings. The molecular weight excluding hydrogens is 200 g/mol. The molecule has 0 unspecified atom stereocenters. The van der Waals surface area contributed by atoms with Gasteiger partial charge in [-0.3, -0.25) is 4.98 Å². The highest BCUT2D eigenvalue weighted by Gasteiger charge is 2.02. The summed E-state index contributed by atoms with van der Waals surface area (Å²) in [4.78, 5) is 4.30. The first kappa shape index (κ1) is 10.2. The standard InChI is InChI=1S/C13H10N2O/c1-3-10-5-12-6-11(8-15-16)4-9(2)13(12)14-7-10/h1,4-8,16H,2H3/b15-8+. The Morgan fingerprint density at radius 2 is 2.25 bits per heavy atom. The van der Waals surface area contributed by atoms with Gasteiger partial charge in [-0.2, -0.15) is 0 Å². The number of rotatable bonds is 1. The third kappa shape index (κ3) is 1.73. The molecule has 1 aromatic carbocycles. The maximum Gasteiger partial charge on any atom is 0.0734 e. The lowest BCUT2D eigenvalue weighted by molar-refractivity contribution is 0.322. The number of hydrogen-bond acceptors (Lipinski definition) is 3. The van der Waals surface area contributed by atoms with Gasteiger partial charge in [-0.05, 0) is 36.2 Å². The highest BCUT2D eigenvalue weighted by Crippen LogP contribution is 2.18. The largest absolute Gasteiger partial charge is 0.411 e. The molecule has 0 saturated heterocycles. The fourth-order valence-corrected chi connectivity index (χ4v) is 1.68. The third-order valence-corrected chi connectivity index (χ3v) is 2.37. The summed E-state index contributed by atoms with van der Waals surface area (Å²) in [6.45, 7) is 1.96. The molecule has 0 aliphatic carbocycles. The van der Waals surface area contributed by atoms with E-state index in [9.17, 15) is 0 Å². The molecule has 2 aromatic rings. The van der Waals surface area contributed by atoms with Crippen LogP contribution in [0.5, 0.6) is 0 Å². The van der Waals surface area contributed by atoms with Gasteiger partial charge in [0.2, 0.25) is 0 Å². The molecule has 0 spiro atoms. The number of benzene rings is 1. The van der Waals surface area contributed by atoms with Crippen LogP contribution in [0, 0.1) is 19.3 Å². The average Bonchev–Trinajstić information content (AvgIpc) is 2.28. The van der Waals surface area contributed by atoms with Crippen molar-refractivity contribution in [2.45, 2.75) is 6.92 Å². The van der Waals surface area contributed by atoms with Crippen molar-refractivity contribution >= 4 is 17.1 Å². The number of aryl methyl sites for hydroxylation is 1. The summed E-state index contributed by atoms with van der Waals surface area (Å²) in [5.74, 6) is 2.54. The lowest BCUT2D eigenvalue weighted by atomic mass is 10.1. The van der Waals surface area contributed by atoms with Crippen molar-refractivity contribution in [1.29, 1.82) is 0 Å². The third-order valence-electron chi connectivity index (χ3n) is 2.37. The van der Waals surface area contributed by atoms with E-state index in [0.717, 1.165) is 27.6 Å². The molecule has 1 N–H and O–H groups in total. The zero-order chi connectivity index (χ0) is 11.5. The molecule has 0 saturated carbocycles. The van der Waals surface area contributed by atoms with Crippen molar-refractivity contribution in [3.05, 3.63) is 41.1 Å². The maximum atomic E-state index is 8.50. The van der Waals surface area contributed by atoms with E-state index >= 15 is 0 Å². The molecule has 0 aliphatic heterocycles. The Hall–Kier alpha value is -2.34. The van der Waals surface area contributed by atoms with E-state index in [1.807, 2.05) is 25.1 Å². The summed E-state index contributed by atoms with van der Waals surface area (Å²) in [5.41, 5.74) is 3.50. The SMILES string of the molecule is C#Cc1cnc2c(C)cc(/C=N/O)cc2c1. The van der Waals surface area contributed by atoms with Gasteiger partial charge in [0.05, 0.1) is 11.7 Å². The van der Waals surface area contributed by atoms with E-state index in [1.54, 1.807) is 6.20 Å². The fourth-order valence-electron chi connectivity index (χ4n) is 1.68. The van der Waals surface area contributed by atoms with Crippen molar-refractivity contribution in [2.75, 3.05) is 0 Å². The molecular formula is C13H10N2O. The smallest absolute Gasteiger partial charge is 0.0734 e. The van der Waals surface area contributed by atoms with E-state index in [2.05, 4.69) is 16.1 Å². The monoisotopic (exact) mass is 210 g/mol. The number of pyridine rings is 1. The first-order chi connectivity index (χ1) is 7.74. The van der Waals surface area contributed by atoms with Crippen LogP contribution in [0.1, 0.15) is 16.7 Å². The minimum absolute atomic E-state index is 0.741. The first-order valence-electron chi connectivity index (χ1n) is 4.79. The Morgan fingerprint density at radius 1 is 1.44 bits per heavy atom. The highest BCUT2D eigenvalue weighted by atomic mass is 16.4. The molecule has 0 bridgehead atoms. The summed E-state index contributed by atoms with van der Waals surface area (Å²) in [7, 11) is 0. The van der Waals surface area contributed by atoms with Crippen LogP contribution in [-0.2, 0) is 0 Å². The first-order valence-corrected chi connectivity index (χ1v) is 4.79. The van der Waals surface area contributed by atoms with Crippen molar-refractivity contribution < 1.29 is 5.21 Å². The van der Waals surface area contributed by atoms with Crippen molar-refractivity contribution in [2.24, 2.45) is 5.16 Å². The normalized spacial score (nSPS) is 10.8. The summed E-state index contributed by atoms with van der Waals surface area (Å²) in [5, 5.41) is 12.5. The summed E-state index contributed by atoms with van der Waals surface area (Å²) < 4.78 is 0. The van der Waals surface area contributed by atoms with E-state index in [0.29, 0.717) is 0 Å². The van der Waals surface area contributed by atoms with Crippen LogP contribution >= 0.6 is 0 Å². The van der Waals surface area contributed by atoms with Crippen LogP contribution in [-0.4, -0.2) is 16.4 Å². The Labute approximate surface area is 93.4 Å². The lowest BCUT2D eigenvalue weighted by Crippen LogP contribution is -1.89. The molecule has 0 fully saturated rings. The van der Waals surface area contributed by atoms with E-state index in [-0.39, 0.29) is 0 Å². The average molecular weight is 210 g/mol. The van der Waals surface area contributed by atoms with E-state index in [4.69, 9.17) is 11.6 Å². The second-order valence-corrected chi connectivity index (χ2v) is 3.52. The van der Waals surface area contributed by atoms with Crippen LogP contribution in [0.2, 0.25) is 0 Å². The Balaban J connectivity index is 2.73. The Kier molecular flexibility index (Phi) is 2.57. The van der Waals surface area contributed by atoms with Gasteiger partial charge in [0, 0.05) is 17.1 Å². The van der Waals surface area contributed by atoms with Crippen LogP contribution in [0.3, 0.4) is 0 Å². The number of hydrogen-bond donors (Lipinski definition) is 1. The van der Waals surface area contributed by atoms with Gasteiger partial charge in [0.1, 0.15) is 0 Å². The molecule has 3 heteroatoms. The van der Waals surface area contributed by atoms with Gasteiger partial charge in [-0.25, -0.2) is 0 Å². The molecule has 0 radical (unpaired) electrons. The molecule has 0 amide bonds. The number of oxime groups is 1. The summed E-state index contributed by atoms with van der Waals surface area (Å²) in [6, 6.07) is 5.69. The zero-order valence-corrected chi connectivity index (χ0v) is 8.81. The quantitative estimate of drug-likeness (QED) is 0.340. The molecule has 0 atom stereocenters. The van der Waals surface area contributed by atoms with Gasteiger partial charge in [0.15, 0.2) is 0 Å². The fraction of sp³-hybridized carbons (Fsp3) is 0.0769. The zero-order valence-electron chi connectivity index (χ0n) is 8.81. The van der Waals surface area contributed by atoms with Crippen LogP contribution in [0.15, 0.2) is 29.6 Å². The van der Waals surface area contributed by atoms with Gasteiger partial charge in [0.25, 0.3) is 0 Å². The molecule has 78 valence electrons. The van der Waals surface area contributed by atoms with Gasteiger partial charge in [-0.15, -0.1) is 6.42 Å². The van der Waals surface area contributed by atoms with Crippen LogP contribution in [0.4, 0.5) is 0 Å². The Morgan fingerprint density at radius 3 is 2.94 bits per heavy atom. The lowest BCUT2D eigenvalue weighted by Gasteiger charge is -2.03. The molecule has 1 aromatic heterocycles. The molecule has 2 rings (SSSR count). The van der Waals surface area contributed by atoms with E-state index in [1.165, 1.54) is 6.21 Å². The number of aromatic nitrogens is 1. The van der Waals surface area contributed by atoms with Gasteiger partial charge < -0.3 is 5.21 Å². The second kappa shape index (κ2) is 4.03. The molecule has 3 nitrogen and oxygen atoms in total. The minimum atomic E-state index is 0.741. The number of terminal acetylenes is 1. The number of fused-ring (bicyclic) bond motifs is 1. The molecule has 16 heavy (non-hydrogen) atoms. The topological polar surface area (TPSA) is 45.5 Å². The van der Waals surface area contributed by atoms with Gasteiger partial charge in [-0.1, -0.05) is 11.1 Å². The Bertz CT molecular complexity index is 609. The maximum absolute atomic E-state index is 8.50. The van der Waals surface area contributed by atoms with Crippen LogP contribution in [0.25, 0.3) is 10.9 Å². The highest BCUT2D eigenvalue weighted by molar-refractivity contribution is 5.90. The van der Waals surface area contributed by atoms with Crippen molar-refractivity contribution in [1.82, 2.24) is 4.98 Å². The van der Waals surface area contributed by atoms with Crippen LogP contribution < -0.4 is 0 Å². The molecule has 1 heterocycles.